The third-order valence-corrected chi connectivity index (χ3v) is 3.08. The molecular formula is C12H23NO2. The first-order valence-electron chi connectivity index (χ1n) is 6.16. The molecule has 0 aromatic rings. The number of likely N-dealkylation sites (tertiary alicyclic amines) is 1. The SMILES string of the molecule is CCCCCCCN1CC(CO)CC1=O. The van der Waals surface area contributed by atoms with Crippen molar-refractivity contribution in [2.24, 2.45) is 5.92 Å². The number of hydrogen-bond donors (Lipinski definition) is 1. The summed E-state index contributed by atoms with van der Waals surface area (Å²) in [5, 5.41) is 8.96. The minimum absolute atomic E-state index is 0.151. The van der Waals surface area contributed by atoms with Crippen molar-refractivity contribution in [3.8, 4) is 0 Å². The number of hydrogen-bond acceptors (Lipinski definition) is 2. The summed E-state index contributed by atoms with van der Waals surface area (Å²) >= 11 is 0. The first-order chi connectivity index (χ1) is 7.27. The van der Waals surface area contributed by atoms with Crippen LogP contribution in [0.1, 0.15) is 45.4 Å². The number of aliphatic hydroxyl groups excluding tert-OH is 1. The third kappa shape index (κ3) is 4.20. The second kappa shape index (κ2) is 6.83. The van der Waals surface area contributed by atoms with Gasteiger partial charge in [-0.15, -0.1) is 0 Å². The Hall–Kier alpha value is -0.570. The Morgan fingerprint density at radius 2 is 2.07 bits per heavy atom. The minimum Gasteiger partial charge on any atom is -0.396 e. The van der Waals surface area contributed by atoms with Crippen LogP contribution in [0.4, 0.5) is 0 Å². The summed E-state index contributed by atoms with van der Waals surface area (Å²) in [6.45, 7) is 4.01. The van der Waals surface area contributed by atoms with Gasteiger partial charge in [0.05, 0.1) is 0 Å². The van der Waals surface area contributed by atoms with Crippen LogP contribution in [-0.2, 0) is 4.79 Å². The molecule has 1 aliphatic heterocycles. The standard InChI is InChI=1S/C12H23NO2/c1-2-3-4-5-6-7-13-9-11(10-14)8-12(13)15/h11,14H,2-10H2,1H3. The van der Waals surface area contributed by atoms with Crippen LogP contribution in [0.5, 0.6) is 0 Å². The summed E-state index contributed by atoms with van der Waals surface area (Å²) < 4.78 is 0. The molecular weight excluding hydrogens is 190 g/mol. The Balaban J connectivity index is 2.08. The molecule has 0 aromatic heterocycles. The van der Waals surface area contributed by atoms with Gasteiger partial charge in [0.1, 0.15) is 0 Å². The lowest BCUT2D eigenvalue weighted by atomic mass is 10.1. The molecule has 1 fully saturated rings. The van der Waals surface area contributed by atoms with E-state index in [2.05, 4.69) is 6.92 Å². The smallest absolute Gasteiger partial charge is 0.223 e. The van der Waals surface area contributed by atoms with Crippen LogP contribution >= 0.6 is 0 Å². The number of carbonyl (C=O) groups excluding carboxylic acids is 1. The van der Waals surface area contributed by atoms with Crippen molar-refractivity contribution in [3.63, 3.8) is 0 Å². The fraction of sp³-hybridized carbons (Fsp3) is 0.917. The van der Waals surface area contributed by atoms with Gasteiger partial charge in [-0.25, -0.2) is 0 Å². The lowest BCUT2D eigenvalue weighted by molar-refractivity contribution is -0.127. The molecule has 0 spiro atoms. The van der Waals surface area contributed by atoms with Crippen LogP contribution in [0.2, 0.25) is 0 Å². The van der Waals surface area contributed by atoms with E-state index in [9.17, 15) is 4.79 Å². The van der Waals surface area contributed by atoms with Gasteiger partial charge < -0.3 is 10.0 Å². The van der Waals surface area contributed by atoms with Gasteiger partial charge in [-0.2, -0.15) is 0 Å². The largest absolute Gasteiger partial charge is 0.396 e. The second-order valence-corrected chi connectivity index (χ2v) is 4.51. The molecule has 1 N–H and O–H groups in total. The van der Waals surface area contributed by atoms with Crippen molar-refractivity contribution in [3.05, 3.63) is 0 Å². The van der Waals surface area contributed by atoms with Crippen molar-refractivity contribution in [2.75, 3.05) is 19.7 Å². The Bertz CT molecular complexity index is 194. The van der Waals surface area contributed by atoms with E-state index in [1.807, 2.05) is 4.90 Å². The molecule has 0 aliphatic carbocycles. The molecule has 1 rings (SSSR count). The van der Waals surface area contributed by atoms with Crippen LogP contribution < -0.4 is 0 Å². The Kier molecular flexibility index (Phi) is 5.69. The molecule has 1 unspecified atom stereocenters. The average molecular weight is 213 g/mol. The molecule has 1 atom stereocenters. The number of carbonyl (C=O) groups is 1. The molecule has 3 heteroatoms. The molecule has 3 nitrogen and oxygen atoms in total. The summed E-state index contributed by atoms with van der Waals surface area (Å²) in [5.41, 5.74) is 0. The van der Waals surface area contributed by atoms with E-state index in [4.69, 9.17) is 5.11 Å². The molecule has 15 heavy (non-hydrogen) atoms. The van der Waals surface area contributed by atoms with Crippen molar-refractivity contribution in [1.82, 2.24) is 4.90 Å². The van der Waals surface area contributed by atoms with Gasteiger partial charge in [0.2, 0.25) is 5.91 Å². The molecule has 0 bridgehead atoms. The van der Waals surface area contributed by atoms with Crippen LogP contribution in [0.3, 0.4) is 0 Å². The average Bonchev–Trinajstić information content (AvgIpc) is 2.59. The highest BCUT2D eigenvalue weighted by Crippen LogP contribution is 2.17. The number of aliphatic hydroxyl groups is 1. The van der Waals surface area contributed by atoms with Gasteiger partial charge in [-0.05, 0) is 6.42 Å². The molecule has 1 saturated heterocycles. The van der Waals surface area contributed by atoms with Gasteiger partial charge >= 0.3 is 0 Å². The number of nitrogens with zero attached hydrogens (tertiary/aromatic N) is 1. The molecule has 0 aromatic carbocycles. The third-order valence-electron chi connectivity index (χ3n) is 3.08. The topological polar surface area (TPSA) is 40.5 Å². The normalized spacial score (nSPS) is 21.3. The lowest BCUT2D eigenvalue weighted by Crippen LogP contribution is -2.26. The zero-order valence-corrected chi connectivity index (χ0v) is 9.74. The van der Waals surface area contributed by atoms with E-state index >= 15 is 0 Å². The molecule has 0 saturated carbocycles. The molecule has 1 aliphatic rings. The van der Waals surface area contributed by atoms with Crippen molar-refractivity contribution >= 4 is 5.91 Å². The minimum atomic E-state index is 0.151. The van der Waals surface area contributed by atoms with Crippen LogP contribution in [0.15, 0.2) is 0 Å². The highest BCUT2D eigenvalue weighted by molar-refractivity contribution is 5.78. The van der Waals surface area contributed by atoms with Crippen molar-refractivity contribution < 1.29 is 9.90 Å². The fourth-order valence-electron chi connectivity index (χ4n) is 2.10. The van der Waals surface area contributed by atoms with Crippen LogP contribution in [0, 0.1) is 5.92 Å². The van der Waals surface area contributed by atoms with E-state index < -0.39 is 0 Å². The fourth-order valence-corrected chi connectivity index (χ4v) is 2.10. The maximum absolute atomic E-state index is 11.5. The highest BCUT2D eigenvalue weighted by Gasteiger charge is 2.28. The van der Waals surface area contributed by atoms with Gasteiger partial charge in [0.25, 0.3) is 0 Å². The van der Waals surface area contributed by atoms with E-state index in [1.54, 1.807) is 0 Å². The molecule has 0 radical (unpaired) electrons. The van der Waals surface area contributed by atoms with Crippen molar-refractivity contribution in [2.45, 2.75) is 45.4 Å². The zero-order valence-electron chi connectivity index (χ0n) is 9.74. The first-order valence-corrected chi connectivity index (χ1v) is 6.16. The summed E-state index contributed by atoms with van der Waals surface area (Å²) in [6.07, 6.45) is 6.72. The van der Waals surface area contributed by atoms with Crippen LogP contribution in [0.25, 0.3) is 0 Å². The van der Waals surface area contributed by atoms with Crippen molar-refractivity contribution in [1.29, 1.82) is 0 Å². The van der Waals surface area contributed by atoms with E-state index in [0.29, 0.717) is 6.42 Å². The lowest BCUT2D eigenvalue weighted by Gasteiger charge is -2.15. The summed E-state index contributed by atoms with van der Waals surface area (Å²) in [4.78, 5) is 13.4. The second-order valence-electron chi connectivity index (χ2n) is 4.51. The predicted molar refractivity (Wildman–Crippen MR) is 60.5 cm³/mol. The number of unbranched alkanes of at least 4 members (excludes halogenated alkanes) is 4. The zero-order chi connectivity index (χ0) is 11.1. The summed E-state index contributed by atoms with van der Waals surface area (Å²) in [5.74, 6) is 0.415. The van der Waals surface area contributed by atoms with E-state index in [1.165, 1.54) is 25.7 Å². The Morgan fingerprint density at radius 1 is 1.33 bits per heavy atom. The van der Waals surface area contributed by atoms with Gasteiger partial charge in [0.15, 0.2) is 0 Å². The van der Waals surface area contributed by atoms with Gasteiger partial charge in [-0.3, -0.25) is 4.79 Å². The van der Waals surface area contributed by atoms with Crippen LogP contribution in [-0.4, -0.2) is 35.6 Å². The molecule has 1 heterocycles. The summed E-state index contributed by atoms with van der Waals surface area (Å²) in [7, 11) is 0. The Labute approximate surface area is 92.5 Å². The first kappa shape index (κ1) is 12.5. The number of amides is 1. The van der Waals surface area contributed by atoms with Gasteiger partial charge in [-0.1, -0.05) is 32.6 Å². The Morgan fingerprint density at radius 3 is 2.67 bits per heavy atom. The van der Waals surface area contributed by atoms with E-state index in [0.717, 1.165) is 19.5 Å². The maximum Gasteiger partial charge on any atom is 0.223 e. The quantitative estimate of drug-likeness (QED) is 0.655. The maximum atomic E-state index is 11.5. The summed E-state index contributed by atoms with van der Waals surface area (Å²) in [6, 6.07) is 0. The highest BCUT2D eigenvalue weighted by atomic mass is 16.3. The number of rotatable bonds is 7. The van der Waals surface area contributed by atoms with Gasteiger partial charge in [0, 0.05) is 32.0 Å². The molecule has 1 amide bonds. The predicted octanol–water partition coefficient (Wildman–Crippen LogP) is 1.80. The molecule has 88 valence electrons. The monoisotopic (exact) mass is 213 g/mol. The van der Waals surface area contributed by atoms with E-state index in [-0.39, 0.29) is 18.4 Å².